The molecule has 168 valence electrons. The number of hydrogen-bond acceptors (Lipinski definition) is 6. The van der Waals surface area contributed by atoms with Gasteiger partial charge in [-0.15, -0.1) is 0 Å². The van der Waals surface area contributed by atoms with E-state index < -0.39 is 40.1 Å². The summed E-state index contributed by atoms with van der Waals surface area (Å²) in [5, 5.41) is 16.2. The van der Waals surface area contributed by atoms with Gasteiger partial charge >= 0.3 is 6.18 Å². The average molecular weight is 450 g/mol. The molecule has 2 N–H and O–H groups in total. The van der Waals surface area contributed by atoms with Gasteiger partial charge in [0.1, 0.15) is 5.69 Å². The number of alkyl halides is 3. The van der Waals surface area contributed by atoms with Crippen LogP contribution in [0.3, 0.4) is 0 Å². The van der Waals surface area contributed by atoms with Crippen LogP contribution in [0.5, 0.6) is 0 Å². The van der Waals surface area contributed by atoms with Crippen LogP contribution in [0.2, 0.25) is 0 Å². The average Bonchev–Trinajstić information content (AvgIpc) is 2.99. The summed E-state index contributed by atoms with van der Waals surface area (Å²) in [6, 6.07) is 8.43. The van der Waals surface area contributed by atoms with E-state index in [1.165, 1.54) is 12.1 Å². The molecule has 0 radical (unpaired) electrons. The molecule has 0 bridgehead atoms. The first-order chi connectivity index (χ1) is 15.1. The number of nitrogens with one attached hydrogen (secondary N) is 2. The van der Waals surface area contributed by atoms with Crippen molar-refractivity contribution in [2.75, 3.05) is 25.0 Å². The fourth-order valence-corrected chi connectivity index (χ4v) is 3.15. The zero-order valence-electron chi connectivity index (χ0n) is 16.4. The number of fused-ring (bicyclic) bond motifs is 1. The van der Waals surface area contributed by atoms with Gasteiger partial charge in [0.25, 0.3) is 17.5 Å². The van der Waals surface area contributed by atoms with E-state index in [0.717, 1.165) is 17.0 Å². The molecule has 0 aliphatic carbocycles. The Morgan fingerprint density at radius 3 is 2.22 bits per heavy atom. The van der Waals surface area contributed by atoms with Crippen molar-refractivity contribution in [2.24, 2.45) is 0 Å². The summed E-state index contributed by atoms with van der Waals surface area (Å²) in [6.07, 6.45) is -4.86. The summed E-state index contributed by atoms with van der Waals surface area (Å²) in [5.41, 5.74) is -1.45. The number of nitro benzene ring substituents is 1. The van der Waals surface area contributed by atoms with Gasteiger partial charge in [0, 0.05) is 32.1 Å². The smallest absolute Gasteiger partial charge is 0.378 e. The minimum atomic E-state index is -4.71. The van der Waals surface area contributed by atoms with Crippen LogP contribution < -0.4 is 10.6 Å². The molecule has 1 aliphatic heterocycles. The number of carbonyl (C=O) groups is 3. The van der Waals surface area contributed by atoms with Gasteiger partial charge in [0.2, 0.25) is 5.91 Å². The number of nitrogens with zero attached hydrogens (tertiary/aromatic N) is 2. The maximum Gasteiger partial charge on any atom is 0.416 e. The Morgan fingerprint density at radius 2 is 1.66 bits per heavy atom. The number of amides is 3. The van der Waals surface area contributed by atoms with Gasteiger partial charge in [-0.1, -0.05) is 12.1 Å². The monoisotopic (exact) mass is 450 g/mol. The van der Waals surface area contributed by atoms with Crippen molar-refractivity contribution >= 4 is 29.1 Å². The standard InChI is InChI=1S/C20H17F3N4O5/c21-20(22,23)12-5-6-15(16(11-12)27(31)32)24-8-9-25-17(28)7-10-26-18(29)13-3-1-2-4-14(13)19(26)30/h1-6,11,24H,7-10H2,(H,25,28). The van der Waals surface area contributed by atoms with Crippen LogP contribution in [-0.2, 0) is 11.0 Å². The van der Waals surface area contributed by atoms with E-state index in [2.05, 4.69) is 10.6 Å². The molecular weight excluding hydrogens is 433 g/mol. The summed E-state index contributed by atoms with van der Waals surface area (Å²) in [5.74, 6) is -1.42. The maximum atomic E-state index is 12.7. The van der Waals surface area contributed by atoms with Crippen molar-refractivity contribution in [3.63, 3.8) is 0 Å². The van der Waals surface area contributed by atoms with E-state index >= 15 is 0 Å². The second-order valence-corrected chi connectivity index (χ2v) is 6.82. The molecular formula is C20H17F3N4O5. The predicted molar refractivity (Wildman–Crippen MR) is 106 cm³/mol. The molecule has 3 rings (SSSR count). The molecule has 0 saturated carbocycles. The third kappa shape index (κ3) is 4.85. The topological polar surface area (TPSA) is 122 Å². The van der Waals surface area contributed by atoms with Crippen LogP contribution in [0, 0.1) is 10.1 Å². The van der Waals surface area contributed by atoms with E-state index in [4.69, 9.17) is 0 Å². The van der Waals surface area contributed by atoms with Crippen molar-refractivity contribution in [1.82, 2.24) is 10.2 Å². The van der Waals surface area contributed by atoms with Crippen molar-refractivity contribution in [2.45, 2.75) is 12.6 Å². The second-order valence-electron chi connectivity index (χ2n) is 6.82. The fraction of sp³-hybridized carbons (Fsp3) is 0.250. The van der Waals surface area contributed by atoms with Crippen LogP contribution >= 0.6 is 0 Å². The van der Waals surface area contributed by atoms with E-state index in [0.29, 0.717) is 6.07 Å². The van der Waals surface area contributed by atoms with E-state index in [-0.39, 0.29) is 42.9 Å². The highest BCUT2D eigenvalue weighted by Gasteiger charge is 2.35. The summed E-state index contributed by atoms with van der Waals surface area (Å²) >= 11 is 0. The lowest BCUT2D eigenvalue weighted by atomic mass is 10.1. The Morgan fingerprint density at radius 1 is 1.03 bits per heavy atom. The first-order valence-electron chi connectivity index (χ1n) is 9.41. The predicted octanol–water partition coefficient (Wildman–Crippen LogP) is 2.83. The van der Waals surface area contributed by atoms with Crippen molar-refractivity contribution < 1.29 is 32.5 Å². The third-order valence-corrected chi connectivity index (χ3v) is 4.73. The molecule has 1 heterocycles. The number of hydrogen-bond donors (Lipinski definition) is 2. The lowest BCUT2D eigenvalue weighted by Crippen LogP contribution is -2.35. The minimum absolute atomic E-state index is 0.00492. The number of nitro groups is 1. The maximum absolute atomic E-state index is 12.7. The van der Waals surface area contributed by atoms with Gasteiger partial charge in [0.05, 0.1) is 21.6 Å². The van der Waals surface area contributed by atoms with Gasteiger partial charge in [-0.3, -0.25) is 29.4 Å². The SMILES string of the molecule is O=C(CCN1C(=O)c2ccccc2C1=O)NCCNc1ccc(C(F)(F)F)cc1[N+](=O)[O-]. The molecule has 0 fully saturated rings. The van der Waals surface area contributed by atoms with Gasteiger partial charge in [-0.25, -0.2) is 0 Å². The Kier molecular flexibility index (Phi) is 6.42. The van der Waals surface area contributed by atoms with Crippen molar-refractivity contribution in [1.29, 1.82) is 0 Å². The van der Waals surface area contributed by atoms with Crippen LogP contribution in [0.15, 0.2) is 42.5 Å². The van der Waals surface area contributed by atoms with Crippen LogP contribution in [0.1, 0.15) is 32.7 Å². The number of rotatable bonds is 8. The first kappa shape index (κ1) is 22.7. The molecule has 0 saturated heterocycles. The highest BCUT2D eigenvalue weighted by atomic mass is 19.4. The highest BCUT2D eigenvalue weighted by molar-refractivity contribution is 6.21. The quantitative estimate of drug-likeness (QED) is 0.276. The number of halogens is 3. The Bertz CT molecular complexity index is 1050. The summed E-state index contributed by atoms with van der Waals surface area (Å²) in [4.78, 5) is 47.6. The second kappa shape index (κ2) is 9.04. The summed E-state index contributed by atoms with van der Waals surface area (Å²) < 4.78 is 38.2. The Hall–Kier alpha value is -3.96. The summed E-state index contributed by atoms with van der Waals surface area (Å²) in [6.45, 7) is -0.0971. The van der Waals surface area contributed by atoms with Crippen LogP contribution in [0.25, 0.3) is 0 Å². The lowest BCUT2D eigenvalue weighted by molar-refractivity contribution is -0.384. The molecule has 2 aromatic carbocycles. The van der Waals surface area contributed by atoms with Crippen LogP contribution in [0.4, 0.5) is 24.5 Å². The van der Waals surface area contributed by atoms with Crippen LogP contribution in [-0.4, -0.2) is 47.2 Å². The number of carbonyl (C=O) groups excluding carboxylic acids is 3. The van der Waals surface area contributed by atoms with Gasteiger partial charge in [0.15, 0.2) is 0 Å². The minimum Gasteiger partial charge on any atom is -0.378 e. The van der Waals surface area contributed by atoms with Crippen molar-refractivity contribution in [3.05, 3.63) is 69.3 Å². The first-order valence-corrected chi connectivity index (χ1v) is 9.41. The normalized spacial score (nSPS) is 13.2. The number of anilines is 1. The van der Waals surface area contributed by atoms with Gasteiger partial charge < -0.3 is 10.6 Å². The molecule has 9 nitrogen and oxygen atoms in total. The molecule has 0 unspecified atom stereocenters. The molecule has 3 amide bonds. The molecule has 0 atom stereocenters. The number of benzene rings is 2. The molecule has 12 heteroatoms. The molecule has 2 aromatic rings. The third-order valence-electron chi connectivity index (χ3n) is 4.73. The molecule has 0 spiro atoms. The molecule has 1 aliphatic rings. The molecule has 0 aromatic heterocycles. The number of imide groups is 1. The van der Waals surface area contributed by atoms with E-state index in [1.54, 1.807) is 12.1 Å². The highest BCUT2D eigenvalue weighted by Crippen LogP contribution is 2.34. The Labute approximate surface area is 179 Å². The Balaban J connectivity index is 1.48. The van der Waals surface area contributed by atoms with Gasteiger partial charge in [-0.2, -0.15) is 13.2 Å². The molecule has 32 heavy (non-hydrogen) atoms. The zero-order chi connectivity index (χ0) is 23.5. The fourth-order valence-electron chi connectivity index (χ4n) is 3.15. The van der Waals surface area contributed by atoms with E-state index in [9.17, 15) is 37.7 Å². The summed E-state index contributed by atoms with van der Waals surface area (Å²) in [7, 11) is 0. The van der Waals surface area contributed by atoms with E-state index in [1.807, 2.05) is 0 Å². The van der Waals surface area contributed by atoms with Crippen molar-refractivity contribution in [3.8, 4) is 0 Å². The van der Waals surface area contributed by atoms with Gasteiger partial charge in [-0.05, 0) is 24.3 Å². The zero-order valence-corrected chi connectivity index (χ0v) is 16.4. The lowest BCUT2D eigenvalue weighted by Gasteiger charge is -2.14. The largest absolute Gasteiger partial charge is 0.416 e.